The van der Waals surface area contributed by atoms with Crippen molar-refractivity contribution in [1.29, 1.82) is 0 Å². The van der Waals surface area contributed by atoms with Crippen LogP contribution in [-0.2, 0) is 14.3 Å². The fourth-order valence-electron chi connectivity index (χ4n) is 1.30. The number of esters is 1. The lowest BCUT2D eigenvalue weighted by atomic mass is 9.99. The summed E-state index contributed by atoms with van der Waals surface area (Å²) in [5, 5.41) is 2.64. The molecule has 0 heterocycles. The Hall–Kier alpha value is -1.06. The van der Waals surface area contributed by atoms with Gasteiger partial charge in [-0.2, -0.15) is 0 Å². The van der Waals surface area contributed by atoms with Crippen LogP contribution in [0.3, 0.4) is 0 Å². The second-order valence-electron chi connectivity index (χ2n) is 4.08. The molecule has 0 aliphatic heterocycles. The van der Waals surface area contributed by atoms with Crippen molar-refractivity contribution in [1.82, 2.24) is 5.32 Å². The molecule has 0 aliphatic carbocycles. The first-order valence-corrected chi connectivity index (χ1v) is 5.96. The van der Waals surface area contributed by atoms with Crippen LogP contribution < -0.4 is 5.32 Å². The molecule has 4 nitrogen and oxygen atoms in total. The maximum Gasteiger partial charge on any atom is 0.328 e. The number of rotatable bonds is 7. The average molecular weight is 229 g/mol. The third kappa shape index (κ3) is 5.73. The predicted octanol–water partition coefficient (Wildman–Crippen LogP) is 1.88. The van der Waals surface area contributed by atoms with Crippen molar-refractivity contribution in [3.8, 4) is 0 Å². The number of nitrogens with one attached hydrogen (secondary N) is 1. The summed E-state index contributed by atoms with van der Waals surface area (Å²) >= 11 is 0. The van der Waals surface area contributed by atoms with Crippen LogP contribution in [0.25, 0.3) is 0 Å². The van der Waals surface area contributed by atoms with Gasteiger partial charge in [-0.15, -0.1) is 0 Å². The normalized spacial score (nSPS) is 14.0. The Morgan fingerprint density at radius 3 is 2.38 bits per heavy atom. The lowest BCUT2D eigenvalue weighted by Gasteiger charge is -2.21. The van der Waals surface area contributed by atoms with Crippen LogP contribution in [0.1, 0.15) is 47.0 Å². The van der Waals surface area contributed by atoms with Gasteiger partial charge in [-0.1, -0.05) is 33.6 Å². The van der Waals surface area contributed by atoms with Crippen LogP contribution in [0, 0.1) is 5.92 Å². The van der Waals surface area contributed by atoms with Gasteiger partial charge in [0.1, 0.15) is 6.04 Å². The van der Waals surface area contributed by atoms with Gasteiger partial charge >= 0.3 is 5.97 Å². The molecule has 0 aromatic heterocycles. The van der Waals surface area contributed by atoms with Crippen LogP contribution in [-0.4, -0.2) is 24.5 Å². The standard InChI is InChI=1S/C12H23NO3/c1-5-7-8-16-12(15)11(9(3)6-2)13-10(4)14/h9,11H,5-8H2,1-4H3,(H,13,14)/t9-,11-/m0/s1. The summed E-state index contributed by atoms with van der Waals surface area (Å²) in [6.07, 6.45) is 2.67. The summed E-state index contributed by atoms with van der Waals surface area (Å²) in [6.45, 7) is 7.80. The van der Waals surface area contributed by atoms with E-state index in [0.717, 1.165) is 19.3 Å². The van der Waals surface area contributed by atoms with E-state index < -0.39 is 6.04 Å². The molecule has 0 fully saturated rings. The number of ether oxygens (including phenoxy) is 1. The third-order valence-electron chi connectivity index (χ3n) is 2.57. The molecule has 4 heteroatoms. The topological polar surface area (TPSA) is 55.4 Å². The van der Waals surface area contributed by atoms with E-state index in [1.807, 2.05) is 20.8 Å². The predicted molar refractivity (Wildman–Crippen MR) is 62.9 cm³/mol. The largest absolute Gasteiger partial charge is 0.464 e. The van der Waals surface area contributed by atoms with Crippen LogP contribution >= 0.6 is 0 Å². The lowest BCUT2D eigenvalue weighted by Crippen LogP contribution is -2.45. The van der Waals surface area contributed by atoms with Gasteiger partial charge in [0.25, 0.3) is 0 Å². The van der Waals surface area contributed by atoms with Gasteiger partial charge in [0.2, 0.25) is 5.91 Å². The molecule has 0 unspecified atom stereocenters. The minimum Gasteiger partial charge on any atom is -0.464 e. The second kappa shape index (κ2) is 8.13. The monoisotopic (exact) mass is 229 g/mol. The van der Waals surface area contributed by atoms with Crippen molar-refractivity contribution in [2.24, 2.45) is 5.92 Å². The van der Waals surface area contributed by atoms with Crippen LogP contribution in [0.15, 0.2) is 0 Å². The smallest absolute Gasteiger partial charge is 0.328 e. The summed E-state index contributed by atoms with van der Waals surface area (Å²) in [4.78, 5) is 22.7. The molecule has 94 valence electrons. The van der Waals surface area contributed by atoms with Crippen LogP contribution in [0.4, 0.5) is 0 Å². The first-order chi connectivity index (χ1) is 7.52. The Morgan fingerprint density at radius 1 is 1.31 bits per heavy atom. The van der Waals surface area contributed by atoms with E-state index in [4.69, 9.17) is 4.74 Å². The van der Waals surface area contributed by atoms with Crippen LogP contribution in [0.5, 0.6) is 0 Å². The van der Waals surface area contributed by atoms with E-state index >= 15 is 0 Å². The molecule has 0 saturated heterocycles. The van der Waals surface area contributed by atoms with E-state index in [0.29, 0.717) is 6.61 Å². The molecule has 0 radical (unpaired) electrons. The molecular formula is C12H23NO3. The second-order valence-corrected chi connectivity index (χ2v) is 4.08. The van der Waals surface area contributed by atoms with Crippen molar-refractivity contribution >= 4 is 11.9 Å². The maximum atomic E-state index is 11.7. The van der Waals surface area contributed by atoms with Crippen LogP contribution in [0.2, 0.25) is 0 Å². The van der Waals surface area contributed by atoms with Gasteiger partial charge in [-0.3, -0.25) is 4.79 Å². The molecule has 0 bridgehead atoms. The van der Waals surface area contributed by atoms with E-state index in [2.05, 4.69) is 5.32 Å². The van der Waals surface area contributed by atoms with Gasteiger partial charge < -0.3 is 10.1 Å². The Kier molecular flexibility index (Phi) is 7.60. The van der Waals surface area contributed by atoms with E-state index in [-0.39, 0.29) is 17.8 Å². The molecule has 0 aromatic rings. The van der Waals surface area contributed by atoms with Gasteiger partial charge in [-0.05, 0) is 12.3 Å². The molecule has 0 aliphatic rings. The maximum absolute atomic E-state index is 11.7. The Bertz CT molecular complexity index is 228. The zero-order chi connectivity index (χ0) is 12.6. The number of carbonyl (C=O) groups excluding carboxylic acids is 2. The molecule has 2 atom stereocenters. The van der Waals surface area contributed by atoms with E-state index in [1.54, 1.807) is 0 Å². The average Bonchev–Trinajstić information content (AvgIpc) is 2.24. The minimum absolute atomic E-state index is 0.0954. The molecular weight excluding hydrogens is 206 g/mol. The fourth-order valence-corrected chi connectivity index (χ4v) is 1.30. The molecule has 1 N–H and O–H groups in total. The molecule has 0 aromatic carbocycles. The van der Waals surface area contributed by atoms with E-state index in [1.165, 1.54) is 6.92 Å². The Balaban J connectivity index is 4.26. The minimum atomic E-state index is -0.514. The summed E-state index contributed by atoms with van der Waals surface area (Å²) in [7, 11) is 0. The number of amides is 1. The highest BCUT2D eigenvalue weighted by Crippen LogP contribution is 2.09. The third-order valence-corrected chi connectivity index (χ3v) is 2.57. The highest BCUT2D eigenvalue weighted by molar-refractivity contribution is 5.83. The number of carbonyl (C=O) groups is 2. The molecule has 1 amide bonds. The quantitative estimate of drug-likeness (QED) is 0.535. The van der Waals surface area contributed by atoms with Crippen molar-refractivity contribution < 1.29 is 14.3 Å². The number of hydrogen-bond acceptors (Lipinski definition) is 3. The van der Waals surface area contributed by atoms with Gasteiger partial charge in [0, 0.05) is 6.92 Å². The van der Waals surface area contributed by atoms with Crippen molar-refractivity contribution in [3.05, 3.63) is 0 Å². The van der Waals surface area contributed by atoms with Crippen molar-refractivity contribution in [2.45, 2.75) is 53.0 Å². The summed E-state index contributed by atoms with van der Waals surface area (Å²) in [5.41, 5.74) is 0. The SMILES string of the molecule is CCCCOC(=O)[C@@H](NC(C)=O)[C@@H](C)CC. The molecule has 0 spiro atoms. The first kappa shape index (κ1) is 14.9. The Labute approximate surface area is 97.7 Å². The fraction of sp³-hybridized carbons (Fsp3) is 0.833. The summed E-state index contributed by atoms with van der Waals surface area (Å²) in [5.74, 6) is -0.422. The van der Waals surface area contributed by atoms with E-state index in [9.17, 15) is 9.59 Å². The zero-order valence-corrected chi connectivity index (χ0v) is 10.7. The number of unbranched alkanes of at least 4 members (excludes halogenated alkanes) is 1. The first-order valence-electron chi connectivity index (χ1n) is 5.96. The van der Waals surface area contributed by atoms with Crippen molar-refractivity contribution in [2.75, 3.05) is 6.61 Å². The lowest BCUT2D eigenvalue weighted by molar-refractivity contribution is -0.149. The highest BCUT2D eigenvalue weighted by atomic mass is 16.5. The zero-order valence-electron chi connectivity index (χ0n) is 10.7. The Morgan fingerprint density at radius 2 is 1.94 bits per heavy atom. The highest BCUT2D eigenvalue weighted by Gasteiger charge is 2.25. The summed E-state index contributed by atoms with van der Waals surface area (Å²) in [6, 6.07) is -0.514. The molecule has 0 rings (SSSR count). The van der Waals surface area contributed by atoms with Crippen molar-refractivity contribution in [3.63, 3.8) is 0 Å². The summed E-state index contributed by atoms with van der Waals surface area (Å²) < 4.78 is 5.11. The molecule has 0 saturated carbocycles. The van der Waals surface area contributed by atoms with Gasteiger partial charge in [0.15, 0.2) is 0 Å². The number of hydrogen-bond donors (Lipinski definition) is 1. The van der Waals surface area contributed by atoms with Gasteiger partial charge in [-0.25, -0.2) is 4.79 Å². The van der Waals surface area contributed by atoms with Gasteiger partial charge in [0.05, 0.1) is 6.61 Å². The molecule has 16 heavy (non-hydrogen) atoms.